The Morgan fingerprint density at radius 2 is 1.00 bits per heavy atom. The first kappa shape index (κ1) is 32.9. The largest absolute Gasteiger partial charge is 0.481 e. The zero-order chi connectivity index (χ0) is 24.9. The van der Waals surface area contributed by atoms with Crippen LogP contribution in [0.3, 0.4) is 0 Å². The molecule has 0 amide bonds. The summed E-state index contributed by atoms with van der Waals surface area (Å²) in [7, 11) is 0. The highest BCUT2D eigenvalue weighted by atomic mass is 16.6. The summed E-state index contributed by atoms with van der Waals surface area (Å²) in [6.45, 7) is 4.72. The van der Waals surface area contributed by atoms with Gasteiger partial charge in [0.1, 0.15) is 0 Å². The molecule has 0 bridgehead atoms. The molecule has 0 fully saturated rings. The molecule has 5 N–H and O–H groups in total. The highest BCUT2D eigenvalue weighted by Crippen LogP contribution is 2.19. The number of rotatable bonds is 12. The van der Waals surface area contributed by atoms with Gasteiger partial charge in [-0.15, -0.1) is 0 Å². The van der Waals surface area contributed by atoms with Crippen molar-refractivity contribution in [1.82, 2.24) is 0 Å². The third kappa shape index (κ3) is 21.8. The summed E-state index contributed by atoms with van der Waals surface area (Å²) in [4.78, 5) is 53.7. The lowest BCUT2D eigenvalue weighted by atomic mass is 9.95. The SMILES string of the molecule is CCOC(=O)CC(O)(CC(=O)OCC)C(=O)OCC.O=C(O)CCC(=O)O.OCCO. The standard InChI is InChI=1S/C12H20O7.C4H6O4.C2H6O2/c1-4-17-9(13)7-12(16,11(15)19-6-3)8-10(14)18-5-2;5-3(6)1-2-4(7)8;3-1-2-4/h16H,4-8H2,1-3H3;1-2H2,(H,5,6)(H,7,8);3-4H,1-2H2. The fourth-order valence-electron chi connectivity index (χ4n) is 1.59. The molecule has 0 heterocycles. The van der Waals surface area contributed by atoms with Crippen molar-refractivity contribution in [2.45, 2.75) is 52.1 Å². The number of carbonyl (C=O) groups is 5. The van der Waals surface area contributed by atoms with E-state index in [0.717, 1.165) is 0 Å². The van der Waals surface area contributed by atoms with E-state index in [2.05, 4.69) is 14.2 Å². The smallest absolute Gasteiger partial charge is 0.339 e. The summed E-state index contributed by atoms with van der Waals surface area (Å²) in [5.74, 6) is -4.78. The number of carbonyl (C=O) groups excluding carboxylic acids is 3. The van der Waals surface area contributed by atoms with Gasteiger partial charge in [0.2, 0.25) is 0 Å². The molecule has 0 spiro atoms. The Hall–Kier alpha value is -2.77. The van der Waals surface area contributed by atoms with Gasteiger partial charge in [-0.25, -0.2) is 4.79 Å². The normalized spacial score (nSPS) is 9.74. The van der Waals surface area contributed by atoms with E-state index in [-0.39, 0.29) is 45.9 Å². The number of ether oxygens (including phenoxy) is 3. The van der Waals surface area contributed by atoms with E-state index in [9.17, 15) is 29.1 Å². The molecule has 0 unspecified atom stereocenters. The molecule has 13 nitrogen and oxygen atoms in total. The third-order valence-corrected chi connectivity index (χ3v) is 2.79. The number of aliphatic hydroxyl groups excluding tert-OH is 2. The minimum absolute atomic E-state index is 0.0206. The lowest BCUT2D eigenvalue weighted by Crippen LogP contribution is -2.44. The maximum absolute atomic E-state index is 11.7. The zero-order valence-electron chi connectivity index (χ0n) is 17.9. The highest BCUT2D eigenvalue weighted by Gasteiger charge is 2.43. The monoisotopic (exact) mass is 456 g/mol. The van der Waals surface area contributed by atoms with Crippen LogP contribution in [0.4, 0.5) is 0 Å². The zero-order valence-corrected chi connectivity index (χ0v) is 17.9. The van der Waals surface area contributed by atoms with Crippen molar-refractivity contribution >= 4 is 29.8 Å². The second-order valence-electron chi connectivity index (χ2n) is 5.45. The molecule has 13 heteroatoms. The van der Waals surface area contributed by atoms with Crippen molar-refractivity contribution < 1.29 is 63.7 Å². The van der Waals surface area contributed by atoms with Gasteiger partial charge in [-0.2, -0.15) is 0 Å². The molecule has 0 radical (unpaired) electrons. The average molecular weight is 456 g/mol. The van der Waals surface area contributed by atoms with E-state index in [4.69, 9.17) is 20.4 Å². The molecular weight excluding hydrogens is 424 g/mol. The Balaban J connectivity index is -0.000000536. The molecule has 0 aromatic heterocycles. The van der Waals surface area contributed by atoms with E-state index < -0.39 is 48.3 Å². The van der Waals surface area contributed by atoms with Crippen LogP contribution in [0.25, 0.3) is 0 Å². The van der Waals surface area contributed by atoms with Gasteiger partial charge in [-0.3, -0.25) is 19.2 Å². The van der Waals surface area contributed by atoms with Gasteiger partial charge in [0.25, 0.3) is 0 Å². The minimum Gasteiger partial charge on any atom is -0.481 e. The van der Waals surface area contributed by atoms with Crippen LogP contribution in [-0.4, -0.2) is 94.0 Å². The van der Waals surface area contributed by atoms with Crippen molar-refractivity contribution in [3.63, 3.8) is 0 Å². The molecule has 0 aliphatic heterocycles. The van der Waals surface area contributed by atoms with E-state index in [1.807, 2.05) is 0 Å². The Morgan fingerprint density at radius 1 is 0.677 bits per heavy atom. The van der Waals surface area contributed by atoms with Crippen LogP contribution in [0.2, 0.25) is 0 Å². The summed E-state index contributed by atoms with van der Waals surface area (Å²) < 4.78 is 14.0. The molecule has 0 aromatic carbocycles. The van der Waals surface area contributed by atoms with Crippen LogP contribution in [0.1, 0.15) is 46.5 Å². The van der Waals surface area contributed by atoms with Crippen molar-refractivity contribution in [3.8, 4) is 0 Å². The van der Waals surface area contributed by atoms with Crippen molar-refractivity contribution in [1.29, 1.82) is 0 Å². The first-order valence-electron chi connectivity index (χ1n) is 9.29. The van der Waals surface area contributed by atoms with Gasteiger partial charge >= 0.3 is 29.8 Å². The van der Waals surface area contributed by atoms with Gasteiger partial charge in [0.15, 0.2) is 5.60 Å². The van der Waals surface area contributed by atoms with Crippen molar-refractivity contribution in [2.24, 2.45) is 0 Å². The molecule has 182 valence electrons. The molecule has 0 aliphatic carbocycles. The molecule has 31 heavy (non-hydrogen) atoms. The Bertz CT molecular complexity index is 509. The molecule has 0 rings (SSSR count). The predicted octanol–water partition coefficient (Wildman–Crippen LogP) is -0.906. The van der Waals surface area contributed by atoms with E-state index in [1.165, 1.54) is 0 Å². The Labute approximate surface area is 179 Å². The van der Waals surface area contributed by atoms with Gasteiger partial charge in [0.05, 0.1) is 58.7 Å². The minimum atomic E-state index is -2.26. The summed E-state index contributed by atoms with van der Waals surface area (Å²) in [5.41, 5.74) is -2.26. The number of hydrogen-bond donors (Lipinski definition) is 5. The van der Waals surface area contributed by atoms with Crippen LogP contribution in [-0.2, 0) is 38.2 Å². The third-order valence-electron chi connectivity index (χ3n) is 2.79. The molecule has 0 aromatic rings. The van der Waals surface area contributed by atoms with Crippen molar-refractivity contribution in [2.75, 3.05) is 33.0 Å². The topological polar surface area (TPSA) is 214 Å². The van der Waals surface area contributed by atoms with Crippen LogP contribution >= 0.6 is 0 Å². The predicted molar refractivity (Wildman–Crippen MR) is 103 cm³/mol. The fourth-order valence-corrected chi connectivity index (χ4v) is 1.59. The van der Waals surface area contributed by atoms with Crippen LogP contribution in [0.5, 0.6) is 0 Å². The van der Waals surface area contributed by atoms with Gasteiger partial charge < -0.3 is 39.7 Å². The molecular formula is C18H32O13. The molecule has 0 saturated carbocycles. The first-order chi connectivity index (χ1) is 14.4. The number of aliphatic carboxylic acids is 2. The summed E-state index contributed by atoms with van der Waals surface area (Å²) >= 11 is 0. The van der Waals surface area contributed by atoms with Crippen LogP contribution in [0, 0.1) is 0 Å². The Morgan fingerprint density at radius 3 is 1.23 bits per heavy atom. The summed E-state index contributed by atoms with van der Waals surface area (Å²) in [6, 6.07) is 0. The van der Waals surface area contributed by atoms with E-state index in [0.29, 0.717) is 0 Å². The lowest BCUT2D eigenvalue weighted by Gasteiger charge is -2.23. The van der Waals surface area contributed by atoms with Crippen LogP contribution < -0.4 is 0 Å². The van der Waals surface area contributed by atoms with Gasteiger partial charge in [-0.1, -0.05) is 0 Å². The lowest BCUT2D eigenvalue weighted by molar-refractivity contribution is -0.177. The average Bonchev–Trinajstić information content (AvgIpc) is 2.67. The summed E-state index contributed by atoms with van der Waals surface area (Å²) in [5, 5.41) is 41.2. The van der Waals surface area contributed by atoms with Gasteiger partial charge in [0, 0.05) is 0 Å². The second-order valence-corrected chi connectivity index (χ2v) is 5.45. The number of hydrogen-bond acceptors (Lipinski definition) is 11. The molecule has 0 aliphatic rings. The molecule has 0 atom stereocenters. The van der Waals surface area contributed by atoms with E-state index >= 15 is 0 Å². The Kier molecular flexibility index (Phi) is 21.7. The quantitative estimate of drug-likeness (QED) is 0.178. The maximum atomic E-state index is 11.7. The number of carboxylic acid groups (broad SMARTS) is 2. The second kappa shape index (κ2) is 20.5. The number of esters is 3. The number of aliphatic hydroxyl groups is 3. The van der Waals surface area contributed by atoms with Crippen LogP contribution in [0.15, 0.2) is 0 Å². The van der Waals surface area contributed by atoms with E-state index in [1.54, 1.807) is 20.8 Å². The highest BCUT2D eigenvalue weighted by molar-refractivity contribution is 5.90. The first-order valence-corrected chi connectivity index (χ1v) is 9.29. The summed E-state index contributed by atoms with van der Waals surface area (Å²) in [6.07, 6.45) is -1.90. The van der Waals surface area contributed by atoms with Gasteiger partial charge in [-0.05, 0) is 20.8 Å². The number of carboxylic acids is 2. The fraction of sp³-hybridized carbons (Fsp3) is 0.722. The maximum Gasteiger partial charge on any atom is 0.339 e. The van der Waals surface area contributed by atoms with Crippen molar-refractivity contribution in [3.05, 3.63) is 0 Å². The molecule has 0 saturated heterocycles.